The molecular weight excluding hydrogens is 246 g/mol. The molecule has 0 atom stereocenters. The van der Waals surface area contributed by atoms with E-state index in [4.69, 9.17) is 5.11 Å². The summed E-state index contributed by atoms with van der Waals surface area (Å²) < 4.78 is 29.3. The predicted octanol–water partition coefficient (Wildman–Crippen LogP) is -0.0154. The van der Waals surface area contributed by atoms with Crippen molar-refractivity contribution in [1.82, 2.24) is 4.72 Å². The molecule has 0 saturated carbocycles. The molecule has 0 aliphatic rings. The summed E-state index contributed by atoms with van der Waals surface area (Å²) in [6.07, 6.45) is 0. The van der Waals surface area contributed by atoms with E-state index in [-0.39, 0.29) is 12.3 Å². The summed E-state index contributed by atoms with van der Waals surface area (Å²) in [5, 5.41) is 9.04. The van der Waals surface area contributed by atoms with Crippen LogP contribution in [0.25, 0.3) is 0 Å². The summed E-state index contributed by atoms with van der Waals surface area (Å²) in [6.45, 7) is 0.0552. The first-order valence-electron chi connectivity index (χ1n) is 4.75. The number of hydrogen-bond donors (Lipinski definition) is 2. The fourth-order valence-corrected chi connectivity index (χ4v) is 1.99. The zero-order valence-electron chi connectivity index (χ0n) is 9.21. The lowest BCUT2D eigenvalue weighted by Gasteiger charge is -2.05. The number of benzene rings is 1. The number of nitrogens with one attached hydrogen (secondary N) is 1. The molecule has 0 bridgehead atoms. The summed E-state index contributed by atoms with van der Waals surface area (Å²) in [5.41, 5.74) is 0.677. The summed E-state index contributed by atoms with van der Waals surface area (Å²) in [4.78, 5) is 10.8. The highest BCUT2D eigenvalue weighted by molar-refractivity contribution is 7.90. The van der Waals surface area contributed by atoms with E-state index in [1.807, 2.05) is 0 Å². The van der Waals surface area contributed by atoms with Crippen molar-refractivity contribution >= 4 is 16.0 Å². The lowest BCUT2D eigenvalue weighted by atomic mass is 10.2. The van der Waals surface area contributed by atoms with Gasteiger partial charge in [0, 0.05) is 6.54 Å². The van der Waals surface area contributed by atoms with Gasteiger partial charge in [-0.2, -0.15) is 0 Å². The number of hydrogen-bond acceptors (Lipinski definition) is 5. The molecule has 0 unspecified atom stereocenters. The van der Waals surface area contributed by atoms with E-state index in [0.29, 0.717) is 5.56 Å². The Morgan fingerprint density at radius 1 is 1.35 bits per heavy atom. The molecule has 0 saturated heterocycles. The zero-order chi connectivity index (χ0) is 12.9. The van der Waals surface area contributed by atoms with Crippen LogP contribution in [0.4, 0.5) is 0 Å². The van der Waals surface area contributed by atoms with E-state index < -0.39 is 21.7 Å². The topological polar surface area (TPSA) is 92.7 Å². The number of carbonyl (C=O) groups is 1. The van der Waals surface area contributed by atoms with Gasteiger partial charge in [-0.1, -0.05) is 12.1 Å². The number of carbonyl (C=O) groups excluding carboxylic acids is 1. The van der Waals surface area contributed by atoms with Crippen LogP contribution in [0.15, 0.2) is 24.3 Å². The Morgan fingerprint density at radius 2 is 1.94 bits per heavy atom. The second-order valence-corrected chi connectivity index (χ2v) is 5.13. The number of phenols is 1. The van der Waals surface area contributed by atoms with Crippen LogP contribution in [-0.2, 0) is 26.1 Å². The van der Waals surface area contributed by atoms with E-state index >= 15 is 0 Å². The van der Waals surface area contributed by atoms with Gasteiger partial charge in [0.15, 0.2) is 5.75 Å². The van der Waals surface area contributed by atoms with Crippen molar-refractivity contribution in [3.63, 3.8) is 0 Å². The van der Waals surface area contributed by atoms with Gasteiger partial charge in [-0.3, -0.25) is 4.79 Å². The third kappa shape index (κ3) is 4.83. The minimum atomic E-state index is -3.69. The van der Waals surface area contributed by atoms with Crippen LogP contribution in [0.1, 0.15) is 5.56 Å². The first kappa shape index (κ1) is 13.5. The Morgan fingerprint density at radius 3 is 2.47 bits per heavy atom. The van der Waals surface area contributed by atoms with E-state index in [9.17, 15) is 13.2 Å². The second kappa shape index (κ2) is 5.65. The highest BCUT2D eigenvalue weighted by atomic mass is 32.2. The number of aromatic hydroxyl groups is 1. The lowest BCUT2D eigenvalue weighted by Crippen LogP contribution is -2.30. The van der Waals surface area contributed by atoms with Crippen LogP contribution in [-0.4, -0.2) is 32.4 Å². The molecule has 7 heteroatoms. The van der Waals surface area contributed by atoms with E-state index in [2.05, 4.69) is 9.46 Å². The Balaban J connectivity index is 2.55. The van der Waals surface area contributed by atoms with Gasteiger partial charge in [-0.15, -0.1) is 0 Å². The summed E-state index contributed by atoms with van der Waals surface area (Å²) >= 11 is 0. The first-order chi connectivity index (χ1) is 7.93. The molecule has 0 radical (unpaired) electrons. The summed E-state index contributed by atoms with van der Waals surface area (Å²) in [7, 11) is -2.57. The number of methoxy groups -OCH3 is 1. The number of esters is 1. The first-order valence-corrected chi connectivity index (χ1v) is 6.40. The van der Waals surface area contributed by atoms with E-state index in [0.717, 1.165) is 7.11 Å². The standard InChI is InChI=1S/C10H13NO5S/c1-16-10(13)7-17(14,15)11-6-8-2-4-9(12)5-3-8/h2-5,11-12H,6-7H2,1H3. The van der Waals surface area contributed by atoms with Gasteiger partial charge in [-0.05, 0) is 17.7 Å². The fraction of sp³-hybridized carbons (Fsp3) is 0.300. The molecule has 94 valence electrons. The molecule has 6 nitrogen and oxygen atoms in total. The van der Waals surface area contributed by atoms with Gasteiger partial charge < -0.3 is 9.84 Å². The number of phenolic OH excluding ortho intramolecular Hbond substituents is 1. The van der Waals surface area contributed by atoms with Gasteiger partial charge in [-0.25, -0.2) is 13.1 Å². The van der Waals surface area contributed by atoms with Crippen molar-refractivity contribution in [2.45, 2.75) is 6.54 Å². The Bertz CT molecular complexity index is 480. The number of sulfonamides is 1. The molecule has 1 aromatic rings. The highest BCUT2D eigenvalue weighted by Crippen LogP contribution is 2.09. The minimum Gasteiger partial charge on any atom is -0.508 e. The SMILES string of the molecule is COC(=O)CS(=O)(=O)NCc1ccc(O)cc1. The Kier molecular flexibility index (Phi) is 4.47. The van der Waals surface area contributed by atoms with Gasteiger partial charge in [0.25, 0.3) is 0 Å². The van der Waals surface area contributed by atoms with Crippen molar-refractivity contribution in [3.05, 3.63) is 29.8 Å². The van der Waals surface area contributed by atoms with Crippen molar-refractivity contribution in [1.29, 1.82) is 0 Å². The third-order valence-corrected chi connectivity index (χ3v) is 3.17. The quantitative estimate of drug-likeness (QED) is 0.725. The summed E-state index contributed by atoms with van der Waals surface area (Å²) in [6, 6.07) is 6.06. The maximum atomic E-state index is 11.4. The molecule has 0 aliphatic carbocycles. The molecule has 1 aromatic carbocycles. The predicted molar refractivity (Wildman–Crippen MR) is 60.7 cm³/mol. The Labute approximate surface area is 99.3 Å². The van der Waals surface area contributed by atoms with Crippen LogP contribution in [0.2, 0.25) is 0 Å². The fourth-order valence-electron chi connectivity index (χ4n) is 1.07. The van der Waals surface area contributed by atoms with Crippen molar-refractivity contribution < 1.29 is 23.1 Å². The van der Waals surface area contributed by atoms with Crippen molar-refractivity contribution in [2.24, 2.45) is 0 Å². The normalized spacial score (nSPS) is 11.1. The summed E-state index contributed by atoms with van der Waals surface area (Å²) in [5.74, 6) is -1.42. The van der Waals surface area contributed by atoms with Crippen molar-refractivity contribution in [3.8, 4) is 5.75 Å². The molecule has 0 aliphatic heterocycles. The highest BCUT2D eigenvalue weighted by Gasteiger charge is 2.16. The van der Waals surface area contributed by atoms with Gasteiger partial charge in [0.05, 0.1) is 7.11 Å². The van der Waals surface area contributed by atoms with Gasteiger partial charge >= 0.3 is 5.97 Å². The lowest BCUT2D eigenvalue weighted by molar-refractivity contribution is -0.137. The monoisotopic (exact) mass is 259 g/mol. The number of rotatable bonds is 5. The molecule has 0 fully saturated rings. The number of ether oxygens (including phenoxy) is 1. The van der Waals surface area contributed by atoms with Gasteiger partial charge in [0.2, 0.25) is 10.0 Å². The molecule has 0 aromatic heterocycles. The molecule has 2 N–H and O–H groups in total. The molecule has 0 spiro atoms. The third-order valence-electron chi connectivity index (χ3n) is 1.97. The van der Waals surface area contributed by atoms with Crippen LogP contribution in [0.5, 0.6) is 5.75 Å². The smallest absolute Gasteiger partial charge is 0.322 e. The van der Waals surface area contributed by atoms with Gasteiger partial charge in [0.1, 0.15) is 5.75 Å². The largest absolute Gasteiger partial charge is 0.508 e. The van der Waals surface area contributed by atoms with Crippen LogP contribution < -0.4 is 4.72 Å². The van der Waals surface area contributed by atoms with Crippen molar-refractivity contribution in [2.75, 3.05) is 12.9 Å². The maximum Gasteiger partial charge on any atom is 0.322 e. The van der Waals surface area contributed by atoms with E-state index in [1.165, 1.54) is 12.1 Å². The minimum absolute atomic E-state index is 0.0552. The molecule has 0 amide bonds. The van der Waals surface area contributed by atoms with Crippen LogP contribution in [0, 0.1) is 0 Å². The maximum absolute atomic E-state index is 11.4. The van der Waals surface area contributed by atoms with Crippen LogP contribution >= 0.6 is 0 Å². The molecule has 1 rings (SSSR count). The zero-order valence-corrected chi connectivity index (χ0v) is 10.0. The Hall–Kier alpha value is -1.60. The van der Waals surface area contributed by atoms with Crippen LogP contribution in [0.3, 0.4) is 0 Å². The average Bonchev–Trinajstić information content (AvgIpc) is 2.28. The van der Waals surface area contributed by atoms with E-state index in [1.54, 1.807) is 12.1 Å². The second-order valence-electron chi connectivity index (χ2n) is 3.32. The molecule has 0 heterocycles. The molecule has 17 heavy (non-hydrogen) atoms. The average molecular weight is 259 g/mol. The molecular formula is C10H13NO5S.